The molecule has 4 heteroatoms. The molecule has 0 saturated heterocycles. The van der Waals surface area contributed by atoms with E-state index in [1.807, 2.05) is 61.7 Å². The molecule has 1 aromatic heterocycles. The van der Waals surface area contributed by atoms with E-state index >= 15 is 0 Å². The number of thiazole rings is 1. The van der Waals surface area contributed by atoms with Crippen molar-refractivity contribution in [1.82, 2.24) is 4.57 Å². The van der Waals surface area contributed by atoms with Crippen LogP contribution in [0.25, 0.3) is 0 Å². The van der Waals surface area contributed by atoms with Crippen molar-refractivity contribution in [3.05, 3.63) is 87.2 Å². The number of hydrogen-bond acceptors (Lipinski definition) is 2. The van der Waals surface area contributed by atoms with Crippen LogP contribution < -0.4 is 4.80 Å². The molecule has 3 rings (SSSR count). The van der Waals surface area contributed by atoms with Crippen molar-refractivity contribution in [2.45, 2.75) is 20.4 Å². The summed E-state index contributed by atoms with van der Waals surface area (Å²) in [5.74, 6) is -0.188. The Morgan fingerprint density at radius 2 is 1.74 bits per heavy atom. The lowest BCUT2D eigenvalue weighted by atomic mass is 10.1. The number of hydrogen-bond donors (Lipinski definition) is 0. The van der Waals surface area contributed by atoms with Crippen molar-refractivity contribution in [2.75, 3.05) is 0 Å². The first-order valence-corrected chi connectivity index (χ1v) is 8.36. The van der Waals surface area contributed by atoms with E-state index in [0.29, 0.717) is 5.56 Å². The van der Waals surface area contributed by atoms with Crippen LogP contribution in [0.15, 0.2) is 65.0 Å². The standard InChI is InChI=1S/C19H18N2OS/c1-14-8-6-7-11-17(14)18(22)20-19-21(15(2)13-23-19)12-16-9-4-3-5-10-16/h3-11,13H,12H2,1-2H3. The summed E-state index contributed by atoms with van der Waals surface area (Å²) in [6.45, 7) is 4.69. The highest BCUT2D eigenvalue weighted by Gasteiger charge is 2.09. The molecule has 0 N–H and O–H groups in total. The van der Waals surface area contributed by atoms with Gasteiger partial charge < -0.3 is 4.57 Å². The highest BCUT2D eigenvalue weighted by molar-refractivity contribution is 7.07. The Kier molecular flexibility index (Phi) is 4.53. The maximum atomic E-state index is 12.5. The number of nitrogens with zero attached hydrogens (tertiary/aromatic N) is 2. The van der Waals surface area contributed by atoms with Crippen molar-refractivity contribution >= 4 is 17.2 Å². The third kappa shape index (κ3) is 3.48. The molecule has 0 saturated carbocycles. The number of benzene rings is 2. The fourth-order valence-electron chi connectivity index (χ4n) is 2.42. The lowest BCUT2D eigenvalue weighted by Crippen LogP contribution is -2.19. The first-order chi connectivity index (χ1) is 11.1. The predicted octanol–water partition coefficient (Wildman–Crippen LogP) is 3.96. The Balaban J connectivity index is 1.98. The summed E-state index contributed by atoms with van der Waals surface area (Å²) in [5, 5.41) is 2.03. The minimum atomic E-state index is -0.188. The molecule has 0 aliphatic heterocycles. The third-order valence-electron chi connectivity index (χ3n) is 3.75. The maximum absolute atomic E-state index is 12.5. The molecule has 0 fully saturated rings. The average molecular weight is 322 g/mol. The fraction of sp³-hybridized carbons (Fsp3) is 0.158. The minimum Gasteiger partial charge on any atom is -0.317 e. The van der Waals surface area contributed by atoms with Gasteiger partial charge in [0.25, 0.3) is 5.91 Å². The third-order valence-corrected chi connectivity index (χ3v) is 4.73. The van der Waals surface area contributed by atoms with Gasteiger partial charge in [0.05, 0.1) is 6.54 Å². The number of aryl methyl sites for hydroxylation is 2. The second-order valence-electron chi connectivity index (χ2n) is 5.46. The van der Waals surface area contributed by atoms with Gasteiger partial charge in [-0.3, -0.25) is 4.79 Å². The molecule has 0 aliphatic rings. The highest BCUT2D eigenvalue weighted by Crippen LogP contribution is 2.10. The molecule has 0 spiro atoms. The topological polar surface area (TPSA) is 34.4 Å². The van der Waals surface area contributed by atoms with Gasteiger partial charge in [0, 0.05) is 16.6 Å². The zero-order valence-corrected chi connectivity index (χ0v) is 14.0. The van der Waals surface area contributed by atoms with Gasteiger partial charge in [-0.1, -0.05) is 48.5 Å². The van der Waals surface area contributed by atoms with Crippen molar-refractivity contribution in [2.24, 2.45) is 4.99 Å². The largest absolute Gasteiger partial charge is 0.317 e. The van der Waals surface area contributed by atoms with Crippen LogP contribution >= 0.6 is 11.3 Å². The molecular formula is C19H18N2OS. The smallest absolute Gasteiger partial charge is 0.279 e. The molecule has 1 heterocycles. The summed E-state index contributed by atoms with van der Waals surface area (Å²) in [5.41, 5.74) is 3.91. The number of carbonyl (C=O) groups is 1. The summed E-state index contributed by atoms with van der Waals surface area (Å²) in [4.78, 5) is 17.6. The van der Waals surface area contributed by atoms with E-state index in [9.17, 15) is 4.79 Å². The summed E-state index contributed by atoms with van der Waals surface area (Å²) < 4.78 is 2.08. The molecule has 0 aliphatic carbocycles. The highest BCUT2D eigenvalue weighted by atomic mass is 32.1. The van der Waals surface area contributed by atoms with Crippen molar-refractivity contribution in [3.63, 3.8) is 0 Å². The molecule has 116 valence electrons. The van der Waals surface area contributed by atoms with E-state index in [1.54, 1.807) is 0 Å². The molecule has 0 bridgehead atoms. The SMILES string of the molecule is Cc1ccccc1C(=O)N=c1scc(C)n1Cc1ccccc1. The molecular weight excluding hydrogens is 304 g/mol. The van der Waals surface area contributed by atoms with Gasteiger partial charge in [0.2, 0.25) is 0 Å². The Bertz CT molecular complexity index is 891. The normalized spacial score (nSPS) is 11.7. The Morgan fingerprint density at radius 1 is 1.04 bits per heavy atom. The lowest BCUT2D eigenvalue weighted by Gasteiger charge is -2.06. The maximum Gasteiger partial charge on any atom is 0.279 e. The van der Waals surface area contributed by atoms with Gasteiger partial charge in [-0.15, -0.1) is 11.3 Å². The van der Waals surface area contributed by atoms with E-state index in [4.69, 9.17) is 0 Å². The van der Waals surface area contributed by atoms with Gasteiger partial charge in [-0.05, 0) is 31.0 Å². The number of aromatic nitrogens is 1. The second kappa shape index (κ2) is 6.75. The molecule has 2 aromatic carbocycles. The van der Waals surface area contributed by atoms with Gasteiger partial charge >= 0.3 is 0 Å². The van der Waals surface area contributed by atoms with Gasteiger partial charge in [-0.2, -0.15) is 4.99 Å². The van der Waals surface area contributed by atoms with Crippen LogP contribution in [0.4, 0.5) is 0 Å². The van der Waals surface area contributed by atoms with Gasteiger partial charge in [-0.25, -0.2) is 0 Å². The van der Waals surface area contributed by atoms with Crippen LogP contribution in [-0.2, 0) is 6.54 Å². The quantitative estimate of drug-likeness (QED) is 0.719. The summed E-state index contributed by atoms with van der Waals surface area (Å²) in [6.07, 6.45) is 0. The van der Waals surface area contributed by atoms with Crippen LogP contribution in [0.3, 0.4) is 0 Å². The van der Waals surface area contributed by atoms with E-state index in [0.717, 1.165) is 22.6 Å². The molecule has 0 atom stereocenters. The average Bonchev–Trinajstić information content (AvgIpc) is 2.89. The van der Waals surface area contributed by atoms with Gasteiger partial charge in [0.15, 0.2) is 4.80 Å². The Hall–Kier alpha value is -2.46. The monoisotopic (exact) mass is 322 g/mol. The van der Waals surface area contributed by atoms with E-state index in [-0.39, 0.29) is 5.91 Å². The number of carbonyl (C=O) groups excluding carboxylic acids is 1. The molecule has 3 nitrogen and oxygen atoms in total. The number of rotatable bonds is 3. The Labute approximate surface area is 139 Å². The van der Waals surface area contributed by atoms with Crippen LogP contribution in [0.1, 0.15) is 27.2 Å². The summed E-state index contributed by atoms with van der Waals surface area (Å²) in [6, 6.07) is 17.8. The number of amides is 1. The zero-order chi connectivity index (χ0) is 16.2. The molecule has 0 radical (unpaired) electrons. The first-order valence-electron chi connectivity index (χ1n) is 7.48. The molecule has 3 aromatic rings. The van der Waals surface area contributed by atoms with Crippen LogP contribution in [0.2, 0.25) is 0 Å². The molecule has 0 unspecified atom stereocenters. The molecule has 1 amide bonds. The van der Waals surface area contributed by atoms with Crippen LogP contribution in [0, 0.1) is 13.8 Å². The van der Waals surface area contributed by atoms with E-state index in [1.165, 1.54) is 16.9 Å². The fourth-order valence-corrected chi connectivity index (χ4v) is 3.30. The van der Waals surface area contributed by atoms with Crippen LogP contribution in [-0.4, -0.2) is 10.5 Å². The zero-order valence-electron chi connectivity index (χ0n) is 13.2. The van der Waals surface area contributed by atoms with Gasteiger partial charge in [0.1, 0.15) is 0 Å². The summed E-state index contributed by atoms with van der Waals surface area (Å²) >= 11 is 1.50. The predicted molar refractivity (Wildman–Crippen MR) is 93.7 cm³/mol. The lowest BCUT2D eigenvalue weighted by molar-refractivity contribution is 0.0997. The summed E-state index contributed by atoms with van der Waals surface area (Å²) in [7, 11) is 0. The minimum absolute atomic E-state index is 0.188. The molecule has 23 heavy (non-hydrogen) atoms. The van der Waals surface area contributed by atoms with Crippen LogP contribution in [0.5, 0.6) is 0 Å². The Morgan fingerprint density at radius 3 is 2.48 bits per heavy atom. The van der Waals surface area contributed by atoms with Crippen molar-refractivity contribution in [1.29, 1.82) is 0 Å². The van der Waals surface area contributed by atoms with E-state index < -0.39 is 0 Å². The second-order valence-corrected chi connectivity index (χ2v) is 6.30. The van der Waals surface area contributed by atoms with Crippen molar-refractivity contribution in [3.8, 4) is 0 Å². The van der Waals surface area contributed by atoms with Crippen molar-refractivity contribution < 1.29 is 4.79 Å². The van der Waals surface area contributed by atoms with E-state index in [2.05, 4.69) is 21.7 Å². The first kappa shape index (κ1) is 15.4.